The third kappa shape index (κ3) is 12.1. The molecule has 0 aromatic heterocycles. The number of hydrogen-bond acceptors (Lipinski definition) is 4. The zero-order valence-electron chi connectivity index (χ0n) is 6.07. The van der Waals surface area contributed by atoms with Crippen LogP contribution in [0.25, 0.3) is 0 Å². The van der Waals surface area contributed by atoms with E-state index in [1.54, 1.807) is 0 Å². The first-order valence-corrected chi connectivity index (χ1v) is 5.59. The molecule has 0 heterocycles. The van der Waals surface area contributed by atoms with Crippen molar-refractivity contribution in [3.63, 3.8) is 0 Å². The summed E-state index contributed by atoms with van der Waals surface area (Å²) in [6, 6.07) is 0. The summed E-state index contributed by atoms with van der Waals surface area (Å²) in [7, 11) is 0. The standard InChI is InChI=1S/C5H10N2S4.K.H/c1-3(11-5(7)9)2-10-4(6)8;;/h3H,2H2,1H3,(H2,6,8)(H2,7,9);;. The zero-order chi connectivity index (χ0) is 8.85. The van der Waals surface area contributed by atoms with Gasteiger partial charge in [0.05, 0.1) is 0 Å². The van der Waals surface area contributed by atoms with Crippen LogP contribution in [0.4, 0.5) is 0 Å². The molecule has 1 unspecified atom stereocenters. The average Bonchev–Trinajstić information content (AvgIpc) is 1.82. The fourth-order valence-corrected chi connectivity index (χ4v) is 2.40. The Morgan fingerprint density at radius 3 is 2.17 bits per heavy atom. The molecule has 0 aromatic carbocycles. The number of thiocarbonyl (C=S) groups is 2. The van der Waals surface area contributed by atoms with E-state index in [4.69, 9.17) is 35.9 Å². The Balaban J connectivity index is 0. The summed E-state index contributed by atoms with van der Waals surface area (Å²) >= 11 is 12.3. The summed E-state index contributed by atoms with van der Waals surface area (Å²) in [5, 5.41) is 0.374. The van der Waals surface area contributed by atoms with E-state index in [0.29, 0.717) is 13.9 Å². The molecule has 0 bridgehead atoms. The quantitative estimate of drug-likeness (QED) is 0.579. The van der Waals surface area contributed by atoms with Crippen molar-refractivity contribution < 1.29 is 0 Å². The second-order valence-corrected chi connectivity index (χ2v) is 5.82. The van der Waals surface area contributed by atoms with E-state index < -0.39 is 0 Å². The van der Waals surface area contributed by atoms with Crippen molar-refractivity contribution >= 4 is 108 Å². The van der Waals surface area contributed by atoms with Crippen LogP contribution in [0.2, 0.25) is 0 Å². The third-order valence-corrected chi connectivity index (χ3v) is 3.38. The van der Waals surface area contributed by atoms with Gasteiger partial charge >= 0.3 is 51.4 Å². The maximum atomic E-state index is 5.32. The van der Waals surface area contributed by atoms with E-state index in [1.807, 2.05) is 6.92 Å². The van der Waals surface area contributed by atoms with Crippen molar-refractivity contribution in [1.82, 2.24) is 0 Å². The van der Waals surface area contributed by atoms with Gasteiger partial charge in [-0.25, -0.2) is 0 Å². The number of hydrogen-bond donors (Lipinski definition) is 2. The summed E-state index contributed by atoms with van der Waals surface area (Å²) < 4.78 is 0.946. The van der Waals surface area contributed by atoms with Crippen LogP contribution in [0.5, 0.6) is 0 Å². The number of nitrogens with two attached hydrogens (primary N) is 2. The van der Waals surface area contributed by atoms with Crippen molar-refractivity contribution in [2.24, 2.45) is 11.5 Å². The number of rotatable bonds is 3. The van der Waals surface area contributed by atoms with Gasteiger partial charge in [0.15, 0.2) is 0 Å². The summed E-state index contributed by atoms with van der Waals surface area (Å²) in [6.45, 7) is 2.04. The molecule has 0 aliphatic carbocycles. The van der Waals surface area contributed by atoms with E-state index >= 15 is 0 Å². The summed E-state index contributed by atoms with van der Waals surface area (Å²) in [5.41, 5.74) is 10.6. The SMILES string of the molecule is CC(CSC(N)=S)SC(N)=S.[KH]. The molecule has 0 spiro atoms. The molecule has 0 aromatic rings. The first kappa shape index (κ1) is 16.5. The van der Waals surface area contributed by atoms with Crippen LogP contribution in [-0.4, -0.2) is 71.0 Å². The van der Waals surface area contributed by atoms with Crippen LogP contribution < -0.4 is 11.5 Å². The molecule has 0 amide bonds. The second kappa shape index (κ2) is 9.66. The molecular weight excluding hydrogens is 255 g/mol. The Hall–Kier alpha value is 2.12. The van der Waals surface area contributed by atoms with Crippen LogP contribution in [0, 0.1) is 0 Å². The minimum absolute atomic E-state index is 0. The van der Waals surface area contributed by atoms with Gasteiger partial charge in [-0.2, -0.15) is 0 Å². The third-order valence-electron chi connectivity index (χ3n) is 0.778. The fourth-order valence-electron chi connectivity index (χ4n) is 0.432. The molecule has 7 heteroatoms. The molecule has 0 radical (unpaired) electrons. The molecule has 1 atom stereocenters. The van der Waals surface area contributed by atoms with Crippen LogP contribution in [0.1, 0.15) is 6.92 Å². The summed E-state index contributed by atoms with van der Waals surface area (Å²) in [4.78, 5) is 0. The molecule has 0 rings (SSSR count). The van der Waals surface area contributed by atoms with E-state index in [-0.39, 0.29) is 51.4 Å². The van der Waals surface area contributed by atoms with Crippen molar-refractivity contribution in [1.29, 1.82) is 0 Å². The van der Waals surface area contributed by atoms with Gasteiger partial charge in [0, 0.05) is 11.0 Å². The van der Waals surface area contributed by atoms with Crippen molar-refractivity contribution in [3.8, 4) is 0 Å². The van der Waals surface area contributed by atoms with Gasteiger partial charge in [-0.15, -0.1) is 0 Å². The Morgan fingerprint density at radius 2 is 1.83 bits per heavy atom. The average molecular weight is 267 g/mol. The monoisotopic (exact) mass is 266 g/mol. The molecule has 2 nitrogen and oxygen atoms in total. The van der Waals surface area contributed by atoms with Crippen LogP contribution in [-0.2, 0) is 0 Å². The van der Waals surface area contributed by atoms with Crippen LogP contribution >= 0.6 is 48.0 Å². The second-order valence-electron chi connectivity index (χ2n) is 1.88. The summed E-state index contributed by atoms with van der Waals surface area (Å²) in [5.74, 6) is 0.858. The van der Waals surface area contributed by atoms with E-state index in [9.17, 15) is 0 Å². The molecule has 4 N–H and O–H groups in total. The van der Waals surface area contributed by atoms with Crippen LogP contribution in [0.3, 0.4) is 0 Å². The van der Waals surface area contributed by atoms with Gasteiger partial charge in [-0.3, -0.25) is 0 Å². The Morgan fingerprint density at radius 1 is 1.33 bits per heavy atom. The first-order valence-electron chi connectivity index (χ1n) is 2.90. The molecular formula is C5H11KN2S4. The molecule has 0 aliphatic heterocycles. The Labute approximate surface area is 135 Å². The summed E-state index contributed by atoms with van der Waals surface area (Å²) in [6.07, 6.45) is 0. The van der Waals surface area contributed by atoms with Gasteiger partial charge in [-0.05, 0) is 0 Å². The maximum absolute atomic E-state index is 5.32. The van der Waals surface area contributed by atoms with E-state index in [1.165, 1.54) is 23.5 Å². The first-order chi connectivity index (χ1) is 5.02. The van der Waals surface area contributed by atoms with E-state index in [0.717, 1.165) is 5.75 Å². The van der Waals surface area contributed by atoms with Gasteiger partial charge in [0.1, 0.15) is 8.64 Å². The predicted octanol–water partition coefficient (Wildman–Crippen LogP) is 0.680. The molecule has 0 aliphatic rings. The van der Waals surface area contributed by atoms with Gasteiger partial charge in [-0.1, -0.05) is 54.9 Å². The Bertz CT molecular complexity index is 164. The van der Waals surface area contributed by atoms with Crippen molar-refractivity contribution in [2.75, 3.05) is 5.75 Å². The molecule has 0 fully saturated rings. The van der Waals surface area contributed by atoms with Crippen LogP contribution in [0.15, 0.2) is 0 Å². The Kier molecular flexibility index (Phi) is 13.3. The predicted molar refractivity (Wildman–Crippen MR) is 70.2 cm³/mol. The number of thioether (sulfide) groups is 2. The minimum atomic E-state index is 0. The zero-order valence-corrected chi connectivity index (χ0v) is 9.34. The van der Waals surface area contributed by atoms with Gasteiger partial charge in [0.2, 0.25) is 0 Å². The van der Waals surface area contributed by atoms with Gasteiger partial charge in [0.25, 0.3) is 0 Å². The fraction of sp³-hybridized carbons (Fsp3) is 0.600. The molecule has 66 valence electrons. The topological polar surface area (TPSA) is 52.0 Å². The molecule has 0 saturated carbocycles. The van der Waals surface area contributed by atoms with E-state index in [2.05, 4.69) is 0 Å². The van der Waals surface area contributed by atoms with Gasteiger partial charge < -0.3 is 11.5 Å². The van der Waals surface area contributed by atoms with Crippen molar-refractivity contribution in [3.05, 3.63) is 0 Å². The normalized spacial score (nSPS) is 11.4. The molecule has 12 heavy (non-hydrogen) atoms. The molecule has 0 saturated heterocycles. The van der Waals surface area contributed by atoms with Crippen molar-refractivity contribution in [2.45, 2.75) is 12.2 Å².